The first-order valence-corrected chi connectivity index (χ1v) is 7.12. The number of carboxylic acid groups (broad SMARTS) is 1. The van der Waals surface area contributed by atoms with Gasteiger partial charge in [-0.1, -0.05) is 20.3 Å². The van der Waals surface area contributed by atoms with Gasteiger partial charge < -0.3 is 14.7 Å². The molecule has 1 aliphatic rings. The molecule has 0 saturated carbocycles. The van der Waals surface area contributed by atoms with Crippen molar-refractivity contribution in [3.63, 3.8) is 0 Å². The zero-order valence-corrected chi connectivity index (χ0v) is 11.9. The smallest absolute Gasteiger partial charge is 0.305 e. The van der Waals surface area contributed by atoms with Crippen molar-refractivity contribution < 1.29 is 14.6 Å². The number of carbonyl (C=O) groups is 1. The summed E-state index contributed by atoms with van der Waals surface area (Å²) in [5.74, 6) is -0.0488. The Kier molecular flexibility index (Phi) is 6.65. The Balaban J connectivity index is 2.22. The summed E-state index contributed by atoms with van der Waals surface area (Å²) >= 11 is 0. The molecular formula is C14H27NO3. The largest absolute Gasteiger partial charge is 0.481 e. The molecule has 4 heteroatoms. The second kappa shape index (κ2) is 7.74. The first kappa shape index (κ1) is 15.4. The number of rotatable bonds is 7. The van der Waals surface area contributed by atoms with E-state index in [1.54, 1.807) is 0 Å². The molecule has 2 unspecified atom stereocenters. The maximum Gasteiger partial charge on any atom is 0.305 e. The highest BCUT2D eigenvalue weighted by molar-refractivity contribution is 5.66. The van der Waals surface area contributed by atoms with Crippen molar-refractivity contribution in [3.05, 3.63) is 0 Å². The Bertz CT molecular complexity index is 249. The van der Waals surface area contributed by atoms with Gasteiger partial charge in [0.25, 0.3) is 0 Å². The van der Waals surface area contributed by atoms with Crippen molar-refractivity contribution in [3.8, 4) is 0 Å². The Labute approximate surface area is 110 Å². The molecule has 1 saturated heterocycles. The van der Waals surface area contributed by atoms with Crippen LogP contribution >= 0.6 is 0 Å². The topological polar surface area (TPSA) is 49.8 Å². The Morgan fingerprint density at radius 3 is 2.50 bits per heavy atom. The fourth-order valence-electron chi connectivity index (χ4n) is 2.46. The third-order valence-electron chi connectivity index (χ3n) is 4.19. The van der Waals surface area contributed by atoms with E-state index in [1.165, 1.54) is 6.42 Å². The van der Waals surface area contributed by atoms with E-state index < -0.39 is 5.97 Å². The molecule has 106 valence electrons. The normalized spacial score (nSPS) is 21.7. The Morgan fingerprint density at radius 1 is 1.39 bits per heavy atom. The first-order chi connectivity index (χ1) is 8.54. The number of nitrogens with zero attached hydrogens (tertiary/aromatic N) is 1. The predicted molar refractivity (Wildman–Crippen MR) is 71.7 cm³/mol. The van der Waals surface area contributed by atoms with Gasteiger partial charge in [0.1, 0.15) is 0 Å². The van der Waals surface area contributed by atoms with E-state index >= 15 is 0 Å². The number of aliphatic carboxylic acids is 1. The average molecular weight is 257 g/mol. The molecule has 0 aromatic carbocycles. The fourth-order valence-corrected chi connectivity index (χ4v) is 2.46. The van der Waals surface area contributed by atoms with E-state index in [0.29, 0.717) is 12.6 Å². The van der Waals surface area contributed by atoms with Gasteiger partial charge >= 0.3 is 5.97 Å². The minimum absolute atomic E-state index is 0.115. The summed E-state index contributed by atoms with van der Waals surface area (Å²) in [6.45, 7) is 9.34. The van der Waals surface area contributed by atoms with Gasteiger partial charge in [-0.25, -0.2) is 0 Å². The summed E-state index contributed by atoms with van der Waals surface area (Å²) in [4.78, 5) is 12.9. The summed E-state index contributed by atoms with van der Waals surface area (Å²) in [6.07, 6.45) is 3.64. The van der Waals surface area contributed by atoms with Gasteiger partial charge in [0, 0.05) is 19.1 Å². The zero-order chi connectivity index (χ0) is 13.5. The molecule has 1 rings (SSSR count). The lowest BCUT2D eigenvalue weighted by atomic mass is 9.96. The molecule has 1 N–H and O–H groups in total. The van der Waals surface area contributed by atoms with Crippen LogP contribution in [0.15, 0.2) is 0 Å². The predicted octanol–water partition coefficient (Wildman–Crippen LogP) is 2.38. The Hall–Kier alpha value is -0.610. The van der Waals surface area contributed by atoms with Gasteiger partial charge in [0.15, 0.2) is 0 Å². The molecule has 0 radical (unpaired) electrons. The highest BCUT2D eigenvalue weighted by Gasteiger charge is 2.25. The molecule has 0 aromatic heterocycles. The van der Waals surface area contributed by atoms with Crippen LogP contribution in [0.25, 0.3) is 0 Å². The summed E-state index contributed by atoms with van der Waals surface area (Å²) in [7, 11) is 0. The third-order valence-corrected chi connectivity index (χ3v) is 4.19. The molecular weight excluding hydrogens is 230 g/mol. The minimum atomic E-state index is -0.780. The maximum atomic E-state index is 10.4. The van der Waals surface area contributed by atoms with E-state index in [4.69, 9.17) is 9.84 Å². The van der Waals surface area contributed by atoms with E-state index in [-0.39, 0.29) is 12.5 Å². The van der Waals surface area contributed by atoms with Crippen LogP contribution < -0.4 is 0 Å². The zero-order valence-electron chi connectivity index (χ0n) is 11.9. The third kappa shape index (κ3) is 4.94. The second-order valence-corrected chi connectivity index (χ2v) is 5.38. The van der Waals surface area contributed by atoms with Crippen LogP contribution in [0.5, 0.6) is 0 Å². The molecule has 1 heterocycles. The molecule has 0 amide bonds. The molecule has 0 bridgehead atoms. The fraction of sp³-hybridized carbons (Fsp3) is 0.929. The van der Waals surface area contributed by atoms with Crippen LogP contribution in [0.2, 0.25) is 0 Å². The van der Waals surface area contributed by atoms with Gasteiger partial charge in [0.2, 0.25) is 0 Å². The number of likely N-dealkylation sites (tertiary alicyclic amines) is 1. The number of ether oxygens (including phenoxy) is 1. The Morgan fingerprint density at radius 2 is 2.00 bits per heavy atom. The number of carboxylic acids is 1. The molecule has 1 aliphatic heterocycles. The van der Waals surface area contributed by atoms with Crippen molar-refractivity contribution in [2.24, 2.45) is 5.92 Å². The first-order valence-electron chi connectivity index (χ1n) is 7.12. The van der Waals surface area contributed by atoms with E-state index in [9.17, 15) is 4.79 Å². The lowest BCUT2D eigenvalue weighted by Gasteiger charge is -2.38. The molecule has 1 fully saturated rings. The quantitative estimate of drug-likeness (QED) is 0.760. The molecule has 2 atom stereocenters. The van der Waals surface area contributed by atoms with Crippen LogP contribution in [-0.4, -0.2) is 47.8 Å². The number of piperidine rings is 1. The van der Waals surface area contributed by atoms with Crippen molar-refractivity contribution in [1.82, 2.24) is 4.90 Å². The average Bonchev–Trinajstić information content (AvgIpc) is 2.37. The van der Waals surface area contributed by atoms with Crippen LogP contribution in [-0.2, 0) is 9.53 Å². The summed E-state index contributed by atoms with van der Waals surface area (Å²) in [5.41, 5.74) is 0. The van der Waals surface area contributed by atoms with Crippen molar-refractivity contribution >= 4 is 5.97 Å². The van der Waals surface area contributed by atoms with Gasteiger partial charge in [0.05, 0.1) is 19.1 Å². The van der Waals surface area contributed by atoms with Crippen LogP contribution in [0.3, 0.4) is 0 Å². The van der Waals surface area contributed by atoms with Gasteiger partial charge in [-0.2, -0.15) is 0 Å². The lowest BCUT2D eigenvalue weighted by molar-refractivity contribution is -0.138. The van der Waals surface area contributed by atoms with Gasteiger partial charge in [-0.15, -0.1) is 0 Å². The lowest BCUT2D eigenvalue weighted by Crippen LogP contribution is -2.44. The standard InChI is InChI=1S/C14H27NO3/c1-4-11(2)12(3)15-8-5-13(6-9-15)18-10-7-14(16)17/h11-13H,4-10H2,1-3H3,(H,16,17). The SMILES string of the molecule is CCC(C)C(C)N1CCC(OCCC(=O)O)CC1. The van der Waals surface area contributed by atoms with Gasteiger partial charge in [-0.05, 0) is 25.7 Å². The van der Waals surface area contributed by atoms with Crippen molar-refractivity contribution in [1.29, 1.82) is 0 Å². The summed E-state index contributed by atoms with van der Waals surface area (Å²) in [5, 5.41) is 8.56. The van der Waals surface area contributed by atoms with E-state index in [2.05, 4.69) is 25.7 Å². The maximum absolute atomic E-state index is 10.4. The van der Waals surface area contributed by atoms with Crippen molar-refractivity contribution in [2.75, 3.05) is 19.7 Å². The molecule has 0 aromatic rings. The second-order valence-electron chi connectivity index (χ2n) is 5.38. The minimum Gasteiger partial charge on any atom is -0.481 e. The monoisotopic (exact) mass is 257 g/mol. The number of hydrogen-bond donors (Lipinski definition) is 1. The summed E-state index contributed by atoms with van der Waals surface area (Å²) in [6, 6.07) is 0.634. The number of hydrogen-bond acceptors (Lipinski definition) is 3. The highest BCUT2D eigenvalue weighted by Crippen LogP contribution is 2.21. The summed E-state index contributed by atoms with van der Waals surface area (Å²) < 4.78 is 5.60. The van der Waals surface area contributed by atoms with Crippen LogP contribution in [0.4, 0.5) is 0 Å². The van der Waals surface area contributed by atoms with Gasteiger partial charge in [-0.3, -0.25) is 4.79 Å². The van der Waals surface area contributed by atoms with Crippen molar-refractivity contribution in [2.45, 2.75) is 58.6 Å². The molecule has 4 nitrogen and oxygen atoms in total. The highest BCUT2D eigenvalue weighted by atomic mass is 16.5. The molecule has 0 spiro atoms. The molecule has 18 heavy (non-hydrogen) atoms. The van der Waals surface area contributed by atoms with E-state index in [0.717, 1.165) is 31.8 Å². The molecule has 0 aliphatic carbocycles. The van der Waals surface area contributed by atoms with Crippen LogP contribution in [0, 0.1) is 5.92 Å². The van der Waals surface area contributed by atoms with E-state index in [1.807, 2.05) is 0 Å². The van der Waals surface area contributed by atoms with Crippen LogP contribution in [0.1, 0.15) is 46.5 Å².